The lowest BCUT2D eigenvalue weighted by Gasteiger charge is -2.02. The van der Waals surface area contributed by atoms with E-state index in [4.69, 9.17) is 4.52 Å². The van der Waals surface area contributed by atoms with E-state index in [9.17, 15) is 4.79 Å². The predicted octanol–water partition coefficient (Wildman–Crippen LogP) is 3.43. The van der Waals surface area contributed by atoms with Gasteiger partial charge in [-0.05, 0) is 25.0 Å². The van der Waals surface area contributed by atoms with Crippen LogP contribution in [0, 0.1) is 12.8 Å². The minimum atomic E-state index is -0.248. The predicted molar refractivity (Wildman–Crippen MR) is 74.2 cm³/mol. The Morgan fingerprint density at radius 2 is 2.00 bits per heavy atom. The van der Waals surface area contributed by atoms with Crippen molar-refractivity contribution in [2.75, 3.05) is 5.32 Å². The molecule has 100 valence electrons. The molecule has 0 spiro atoms. The highest BCUT2D eigenvalue weighted by atomic mass is 16.5. The molecule has 1 amide bonds. The molecule has 0 saturated carbocycles. The molecule has 1 aromatic heterocycles. The number of nitrogens with one attached hydrogen (secondary N) is 1. The fraction of sp³-hybridized carbons (Fsp3) is 0.333. The lowest BCUT2D eigenvalue weighted by atomic mass is 10.1. The molecule has 0 saturated heterocycles. The van der Waals surface area contributed by atoms with Crippen LogP contribution in [0.15, 0.2) is 34.9 Å². The molecular formula is C15H18N2O2. The average molecular weight is 258 g/mol. The summed E-state index contributed by atoms with van der Waals surface area (Å²) >= 11 is 0. The normalized spacial score (nSPS) is 10.7. The number of benzene rings is 1. The van der Waals surface area contributed by atoms with Crippen LogP contribution >= 0.6 is 0 Å². The second-order valence-electron chi connectivity index (χ2n) is 5.10. The molecule has 0 aliphatic heterocycles. The maximum absolute atomic E-state index is 12.0. The molecule has 0 fully saturated rings. The first-order valence-electron chi connectivity index (χ1n) is 6.38. The minimum absolute atomic E-state index is 0.248. The largest absolute Gasteiger partial charge is 0.361 e. The van der Waals surface area contributed by atoms with Crippen molar-refractivity contribution in [3.05, 3.63) is 47.3 Å². The number of nitrogens with zero attached hydrogens (tertiary/aromatic N) is 1. The van der Waals surface area contributed by atoms with Crippen molar-refractivity contribution in [1.29, 1.82) is 0 Å². The maximum Gasteiger partial charge on any atom is 0.277 e. The van der Waals surface area contributed by atoms with Gasteiger partial charge < -0.3 is 9.84 Å². The Balaban J connectivity index is 2.03. The standard InChI is InChI=1S/C15H18N2O2/c1-10(2)8-13-9-14(17-19-13)15(18)16-12-6-4-11(3)5-7-12/h4-7,9-10H,8H2,1-3H3,(H,16,18). The Bertz CT molecular complexity index is 556. The van der Waals surface area contributed by atoms with E-state index in [1.54, 1.807) is 6.07 Å². The molecule has 2 aromatic rings. The van der Waals surface area contributed by atoms with Crippen LogP contribution in [0.25, 0.3) is 0 Å². The topological polar surface area (TPSA) is 55.1 Å². The first-order chi connectivity index (χ1) is 9.04. The molecule has 0 radical (unpaired) electrons. The first kappa shape index (κ1) is 13.3. The van der Waals surface area contributed by atoms with Gasteiger partial charge in [0.25, 0.3) is 5.91 Å². The lowest BCUT2D eigenvalue weighted by Crippen LogP contribution is -2.12. The van der Waals surface area contributed by atoms with E-state index in [0.29, 0.717) is 11.6 Å². The van der Waals surface area contributed by atoms with Crippen molar-refractivity contribution in [2.24, 2.45) is 5.92 Å². The summed E-state index contributed by atoms with van der Waals surface area (Å²) in [5.74, 6) is 0.965. The summed E-state index contributed by atoms with van der Waals surface area (Å²) in [6, 6.07) is 9.32. The highest BCUT2D eigenvalue weighted by Gasteiger charge is 2.13. The Kier molecular flexibility index (Phi) is 4.00. The summed E-state index contributed by atoms with van der Waals surface area (Å²) < 4.78 is 5.14. The van der Waals surface area contributed by atoms with E-state index in [1.165, 1.54) is 0 Å². The van der Waals surface area contributed by atoms with Crippen molar-refractivity contribution in [2.45, 2.75) is 27.2 Å². The van der Waals surface area contributed by atoms with Gasteiger partial charge in [-0.2, -0.15) is 0 Å². The van der Waals surface area contributed by atoms with Gasteiger partial charge in [-0.15, -0.1) is 0 Å². The summed E-state index contributed by atoms with van der Waals surface area (Å²) in [6.45, 7) is 6.19. The number of carbonyl (C=O) groups is 1. The van der Waals surface area contributed by atoms with Crippen LogP contribution < -0.4 is 5.32 Å². The number of anilines is 1. The Morgan fingerprint density at radius 1 is 1.32 bits per heavy atom. The molecule has 1 N–H and O–H groups in total. The smallest absolute Gasteiger partial charge is 0.277 e. The van der Waals surface area contributed by atoms with Gasteiger partial charge in [0.05, 0.1) is 0 Å². The zero-order valence-electron chi connectivity index (χ0n) is 11.4. The highest BCUT2D eigenvalue weighted by Crippen LogP contribution is 2.13. The van der Waals surface area contributed by atoms with Crippen molar-refractivity contribution in [1.82, 2.24) is 5.16 Å². The van der Waals surface area contributed by atoms with Crippen LogP contribution in [0.5, 0.6) is 0 Å². The third-order valence-corrected chi connectivity index (χ3v) is 2.71. The maximum atomic E-state index is 12.0. The van der Waals surface area contributed by atoms with Gasteiger partial charge in [-0.1, -0.05) is 36.7 Å². The van der Waals surface area contributed by atoms with Gasteiger partial charge in [0.15, 0.2) is 5.69 Å². The second-order valence-corrected chi connectivity index (χ2v) is 5.10. The molecule has 4 heteroatoms. The average Bonchev–Trinajstić information content (AvgIpc) is 2.80. The Morgan fingerprint density at radius 3 is 2.63 bits per heavy atom. The van der Waals surface area contributed by atoms with E-state index in [0.717, 1.165) is 23.4 Å². The summed E-state index contributed by atoms with van der Waals surface area (Å²) in [5, 5.41) is 6.59. The van der Waals surface area contributed by atoms with E-state index in [-0.39, 0.29) is 5.91 Å². The zero-order chi connectivity index (χ0) is 13.8. The third kappa shape index (κ3) is 3.68. The molecule has 0 aliphatic carbocycles. The fourth-order valence-corrected chi connectivity index (χ4v) is 1.75. The molecule has 0 atom stereocenters. The van der Waals surface area contributed by atoms with Gasteiger partial charge in [-0.25, -0.2) is 0 Å². The molecule has 1 heterocycles. The number of aromatic nitrogens is 1. The molecule has 0 bridgehead atoms. The van der Waals surface area contributed by atoms with Crippen LogP contribution in [0.1, 0.15) is 35.7 Å². The minimum Gasteiger partial charge on any atom is -0.361 e. The van der Waals surface area contributed by atoms with Gasteiger partial charge in [0.2, 0.25) is 0 Å². The van der Waals surface area contributed by atoms with E-state index >= 15 is 0 Å². The summed E-state index contributed by atoms with van der Waals surface area (Å²) in [7, 11) is 0. The van der Waals surface area contributed by atoms with Crippen LogP contribution in [-0.4, -0.2) is 11.1 Å². The molecule has 4 nitrogen and oxygen atoms in total. The Hall–Kier alpha value is -2.10. The molecule has 0 unspecified atom stereocenters. The van der Waals surface area contributed by atoms with Crippen molar-refractivity contribution < 1.29 is 9.32 Å². The number of aryl methyl sites for hydroxylation is 1. The van der Waals surface area contributed by atoms with Crippen LogP contribution in [-0.2, 0) is 6.42 Å². The lowest BCUT2D eigenvalue weighted by molar-refractivity contribution is 0.101. The second kappa shape index (κ2) is 5.69. The summed E-state index contributed by atoms with van der Waals surface area (Å²) in [5.41, 5.74) is 2.22. The molecular weight excluding hydrogens is 240 g/mol. The number of hydrogen-bond donors (Lipinski definition) is 1. The van der Waals surface area contributed by atoms with E-state index in [2.05, 4.69) is 24.3 Å². The number of carbonyl (C=O) groups excluding carboxylic acids is 1. The van der Waals surface area contributed by atoms with E-state index < -0.39 is 0 Å². The SMILES string of the molecule is Cc1ccc(NC(=O)c2cc(CC(C)C)on2)cc1. The number of rotatable bonds is 4. The van der Waals surface area contributed by atoms with Gasteiger partial charge >= 0.3 is 0 Å². The van der Waals surface area contributed by atoms with Gasteiger partial charge in [0, 0.05) is 18.2 Å². The van der Waals surface area contributed by atoms with Gasteiger partial charge in [-0.3, -0.25) is 4.79 Å². The molecule has 1 aromatic carbocycles. The Labute approximate surface area is 112 Å². The van der Waals surface area contributed by atoms with Crippen molar-refractivity contribution in [3.8, 4) is 0 Å². The monoisotopic (exact) mass is 258 g/mol. The van der Waals surface area contributed by atoms with Crippen LogP contribution in [0.4, 0.5) is 5.69 Å². The fourth-order valence-electron chi connectivity index (χ4n) is 1.75. The van der Waals surface area contributed by atoms with Crippen molar-refractivity contribution >= 4 is 11.6 Å². The summed E-state index contributed by atoms with van der Waals surface area (Å²) in [4.78, 5) is 12.0. The van der Waals surface area contributed by atoms with Gasteiger partial charge in [0.1, 0.15) is 5.76 Å². The summed E-state index contributed by atoms with van der Waals surface area (Å²) in [6.07, 6.45) is 0.783. The molecule has 0 aliphatic rings. The van der Waals surface area contributed by atoms with Crippen LogP contribution in [0.3, 0.4) is 0 Å². The van der Waals surface area contributed by atoms with Crippen molar-refractivity contribution in [3.63, 3.8) is 0 Å². The number of amides is 1. The zero-order valence-corrected chi connectivity index (χ0v) is 11.4. The highest BCUT2D eigenvalue weighted by molar-refractivity contribution is 6.02. The number of hydrogen-bond acceptors (Lipinski definition) is 3. The quantitative estimate of drug-likeness (QED) is 0.914. The van der Waals surface area contributed by atoms with Crippen LogP contribution in [0.2, 0.25) is 0 Å². The third-order valence-electron chi connectivity index (χ3n) is 2.71. The molecule has 2 rings (SSSR count). The van der Waals surface area contributed by atoms with E-state index in [1.807, 2.05) is 31.2 Å². The molecule has 19 heavy (non-hydrogen) atoms. The first-order valence-corrected chi connectivity index (χ1v) is 6.38.